The van der Waals surface area contributed by atoms with E-state index in [1.165, 1.54) is 17.7 Å². The molecule has 4 heteroatoms. The van der Waals surface area contributed by atoms with Crippen LogP contribution >= 0.6 is 0 Å². The molecule has 3 atom stereocenters. The maximum Gasteiger partial charge on any atom is 0.247 e. The fraction of sp³-hybridized carbons (Fsp3) is 0.444. The molecular weight excluding hydrogens is 389 g/mol. The fourth-order valence-corrected chi connectivity index (χ4v) is 5.26. The van der Waals surface area contributed by atoms with Gasteiger partial charge in [-0.25, -0.2) is 4.39 Å². The van der Waals surface area contributed by atoms with Crippen LogP contribution in [0.1, 0.15) is 74.6 Å². The Balaban J connectivity index is 1.60. The van der Waals surface area contributed by atoms with E-state index in [0.717, 1.165) is 36.8 Å². The van der Waals surface area contributed by atoms with Crippen LogP contribution in [0.5, 0.6) is 0 Å². The normalized spacial score (nSPS) is 26.3. The van der Waals surface area contributed by atoms with Crippen molar-refractivity contribution in [3.8, 4) is 0 Å². The number of likely N-dealkylation sites (tertiary alicyclic amines) is 1. The van der Waals surface area contributed by atoms with E-state index in [1.54, 1.807) is 18.2 Å². The van der Waals surface area contributed by atoms with Crippen LogP contribution in [0, 0.1) is 11.7 Å². The van der Waals surface area contributed by atoms with Crippen LogP contribution in [-0.4, -0.2) is 28.1 Å². The number of hydrogen-bond donors (Lipinski definition) is 1. The van der Waals surface area contributed by atoms with Gasteiger partial charge in [-0.3, -0.25) is 4.79 Å². The molecule has 31 heavy (non-hydrogen) atoms. The largest absolute Gasteiger partial charge is 0.389 e. The maximum absolute atomic E-state index is 13.6. The van der Waals surface area contributed by atoms with Gasteiger partial charge in [-0.15, -0.1) is 0 Å². The number of amides is 1. The molecule has 0 radical (unpaired) electrons. The van der Waals surface area contributed by atoms with Gasteiger partial charge in [0.05, 0.1) is 11.6 Å². The first-order chi connectivity index (χ1) is 14.9. The van der Waals surface area contributed by atoms with Gasteiger partial charge in [-0.2, -0.15) is 0 Å². The van der Waals surface area contributed by atoms with Crippen LogP contribution in [-0.2, 0) is 4.79 Å². The van der Waals surface area contributed by atoms with Gasteiger partial charge in [0.2, 0.25) is 5.91 Å². The third-order valence-corrected chi connectivity index (χ3v) is 7.08. The molecule has 1 saturated heterocycles. The van der Waals surface area contributed by atoms with E-state index in [1.807, 2.05) is 23.1 Å². The number of carbonyl (C=O) groups is 1. The number of fused-ring (bicyclic) bond motifs is 1. The van der Waals surface area contributed by atoms with E-state index in [-0.39, 0.29) is 23.7 Å². The molecule has 1 aliphatic carbocycles. The molecule has 3 nitrogen and oxygen atoms in total. The summed E-state index contributed by atoms with van der Waals surface area (Å²) in [4.78, 5) is 15.1. The molecule has 2 aromatic rings. The van der Waals surface area contributed by atoms with Crippen molar-refractivity contribution in [2.75, 3.05) is 6.54 Å². The number of piperidine rings is 1. The van der Waals surface area contributed by atoms with Crippen LogP contribution in [0.3, 0.4) is 0 Å². The van der Waals surface area contributed by atoms with Crippen molar-refractivity contribution in [2.24, 2.45) is 5.92 Å². The summed E-state index contributed by atoms with van der Waals surface area (Å²) in [5.41, 5.74) is 2.41. The summed E-state index contributed by atoms with van der Waals surface area (Å²) in [5.74, 6) is 0.0952. The van der Waals surface area contributed by atoms with Gasteiger partial charge in [0, 0.05) is 18.5 Å². The zero-order chi connectivity index (χ0) is 22.0. The lowest BCUT2D eigenvalue weighted by molar-refractivity contribution is -0.150. The van der Waals surface area contributed by atoms with Gasteiger partial charge in [0.25, 0.3) is 0 Å². The van der Waals surface area contributed by atoms with E-state index >= 15 is 0 Å². The number of aliphatic hydroxyl groups is 1. The minimum atomic E-state index is -0.746. The molecule has 1 amide bonds. The van der Waals surface area contributed by atoms with Crippen LogP contribution in [0.2, 0.25) is 0 Å². The molecule has 1 N–H and O–H groups in total. The Labute approximate surface area is 184 Å². The third kappa shape index (κ3) is 4.59. The summed E-state index contributed by atoms with van der Waals surface area (Å²) in [6.07, 6.45) is 7.80. The van der Waals surface area contributed by atoms with Crippen molar-refractivity contribution >= 4 is 12.0 Å². The van der Waals surface area contributed by atoms with Crippen molar-refractivity contribution < 1.29 is 14.3 Å². The molecular formula is C27H32FNO2. The highest BCUT2D eigenvalue weighted by Gasteiger charge is 2.49. The first-order valence-corrected chi connectivity index (χ1v) is 11.4. The quantitative estimate of drug-likeness (QED) is 0.629. The van der Waals surface area contributed by atoms with Gasteiger partial charge in [0.1, 0.15) is 5.82 Å². The molecule has 1 saturated carbocycles. The van der Waals surface area contributed by atoms with Crippen molar-refractivity contribution in [2.45, 2.75) is 63.5 Å². The average molecular weight is 422 g/mol. The number of halogens is 1. The SMILES string of the molecule is CC(C)c1ccc(/C=C/C(=O)N2CC[C@]3(O)CCCC[C@H]3[C@H]2c2ccc(F)cc2)cc1. The molecule has 0 spiro atoms. The summed E-state index contributed by atoms with van der Waals surface area (Å²) < 4.78 is 13.6. The van der Waals surface area contributed by atoms with Gasteiger partial charge in [-0.05, 0) is 60.1 Å². The zero-order valence-corrected chi connectivity index (χ0v) is 18.4. The molecule has 1 aliphatic heterocycles. The lowest BCUT2D eigenvalue weighted by atomic mass is 9.66. The molecule has 0 bridgehead atoms. The first kappa shape index (κ1) is 21.8. The number of nitrogens with zero attached hydrogens (tertiary/aromatic N) is 1. The van der Waals surface area contributed by atoms with Crippen LogP contribution in [0.15, 0.2) is 54.6 Å². The highest BCUT2D eigenvalue weighted by atomic mass is 19.1. The summed E-state index contributed by atoms with van der Waals surface area (Å²) >= 11 is 0. The molecule has 164 valence electrons. The maximum atomic E-state index is 13.6. The molecule has 2 aliphatic rings. The van der Waals surface area contributed by atoms with Crippen LogP contribution < -0.4 is 0 Å². The van der Waals surface area contributed by atoms with Gasteiger partial charge >= 0.3 is 0 Å². The Morgan fingerprint density at radius 3 is 2.48 bits per heavy atom. The highest BCUT2D eigenvalue weighted by Crippen LogP contribution is 2.49. The van der Waals surface area contributed by atoms with E-state index in [9.17, 15) is 14.3 Å². The smallest absolute Gasteiger partial charge is 0.247 e. The van der Waals surface area contributed by atoms with E-state index in [4.69, 9.17) is 0 Å². The second-order valence-corrected chi connectivity index (χ2v) is 9.39. The Hall–Kier alpha value is -2.46. The molecule has 0 aromatic heterocycles. The molecule has 0 unspecified atom stereocenters. The van der Waals surface area contributed by atoms with Crippen molar-refractivity contribution in [1.29, 1.82) is 0 Å². The van der Waals surface area contributed by atoms with E-state index in [0.29, 0.717) is 18.9 Å². The minimum Gasteiger partial charge on any atom is -0.389 e. The summed E-state index contributed by atoms with van der Waals surface area (Å²) in [6, 6.07) is 14.4. The van der Waals surface area contributed by atoms with Crippen molar-refractivity contribution in [3.63, 3.8) is 0 Å². The standard InChI is InChI=1S/C27H32FNO2/c1-19(2)21-9-6-20(7-10-21)8-15-25(30)29-18-17-27(31)16-4-3-5-24(27)26(29)22-11-13-23(28)14-12-22/h6-15,19,24,26,31H,3-5,16-18H2,1-2H3/b15-8+/t24-,26+,27+/m0/s1. The van der Waals surface area contributed by atoms with Gasteiger partial charge in [-0.1, -0.05) is 63.1 Å². The first-order valence-electron chi connectivity index (χ1n) is 11.4. The highest BCUT2D eigenvalue weighted by molar-refractivity contribution is 5.92. The fourth-order valence-electron chi connectivity index (χ4n) is 5.26. The molecule has 4 rings (SSSR count). The Kier molecular flexibility index (Phi) is 6.29. The van der Waals surface area contributed by atoms with Gasteiger partial charge in [0.15, 0.2) is 0 Å². The zero-order valence-electron chi connectivity index (χ0n) is 18.4. The van der Waals surface area contributed by atoms with Gasteiger partial charge < -0.3 is 10.0 Å². The van der Waals surface area contributed by atoms with E-state index < -0.39 is 5.60 Å². The lowest BCUT2D eigenvalue weighted by Gasteiger charge is -2.52. The number of carbonyl (C=O) groups excluding carboxylic acids is 1. The topological polar surface area (TPSA) is 40.5 Å². The summed E-state index contributed by atoms with van der Waals surface area (Å²) in [5, 5.41) is 11.3. The Morgan fingerprint density at radius 2 is 1.81 bits per heavy atom. The predicted molar refractivity (Wildman–Crippen MR) is 122 cm³/mol. The van der Waals surface area contributed by atoms with Crippen molar-refractivity contribution in [1.82, 2.24) is 4.90 Å². The lowest BCUT2D eigenvalue weighted by Crippen LogP contribution is -2.56. The van der Waals surface area contributed by atoms with Crippen LogP contribution in [0.4, 0.5) is 4.39 Å². The Morgan fingerprint density at radius 1 is 1.10 bits per heavy atom. The molecule has 2 fully saturated rings. The van der Waals surface area contributed by atoms with Crippen LogP contribution in [0.25, 0.3) is 6.08 Å². The second-order valence-electron chi connectivity index (χ2n) is 9.39. The molecule has 1 heterocycles. The Bertz CT molecular complexity index is 935. The number of rotatable bonds is 4. The summed E-state index contributed by atoms with van der Waals surface area (Å²) in [6.45, 7) is 4.82. The molecule has 2 aromatic carbocycles. The number of benzene rings is 2. The summed E-state index contributed by atoms with van der Waals surface area (Å²) in [7, 11) is 0. The monoisotopic (exact) mass is 421 g/mol. The second kappa shape index (κ2) is 8.96. The average Bonchev–Trinajstić information content (AvgIpc) is 2.77. The predicted octanol–water partition coefficient (Wildman–Crippen LogP) is 5.86. The third-order valence-electron chi connectivity index (χ3n) is 7.08. The van der Waals surface area contributed by atoms with Crippen molar-refractivity contribution in [3.05, 3.63) is 77.1 Å². The number of hydrogen-bond acceptors (Lipinski definition) is 2. The minimum absolute atomic E-state index is 0.0249. The van der Waals surface area contributed by atoms with E-state index in [2.05, 4.69) is 26.0 Å².